The third kappa shape index (κ3) is 5.20. The third-order valence-electron chi connectivity index (χ3n) is 7.73. The van der Waals surface area contributed by atoms with Gasteiger partial charge in [0.2, 0.25) is 5.91 Å². The Kier molecular flexibility index (Phi) is 6.79. The zero-order chi connectivity index (χ0) is 26.9. The molecule has 2 aromatic carbocycles. The zero-order valence-corrected chi connectivity index (χ0v) is 21.2. The lowest BCUT2D eigenvalue weighted by Gasteiger charge is -2.39. The van der Waals surface area contributed by atoms with Gasteiger partial charge in [0.1, 0.15) is 6.54 Å². The Balaban J connectivity index is 1.15. The van der Waals surface area contributed by atoms with Gasteiger partial charge in [0.05, 0.1) is 10.6 Å². The van der Waals surface area contributed by atoms with Gasteiger partial charge in [-0.05, 0) is 49.8 Å². The number of benzene rings is 2. The summed E-state index contributed by atoms with van der Waals surface area (Å²) in [5.41, 5.74) is 2.38. The van der Waals surface area contributed by atoms with Crippen molar-refractivity contribution in [2.45, 2.75) is 32.7 Å². The molecule has 2 amide bonds. The number of carbonyl (C=O) groups excluding carboxylic acids is 3. The standard InChI is InChI=1S/C28H29N5O5/c1-20(34)21-5-7-22(8-6-21)27(36)30-14-10-28(11-15-30)12-16-31(19-28)26(35)18-32-13-9-25(29-32)23-3-2-4-24(17-23)33(37)38/h2-9,13,17H,10-12,14-16,18-19H2,1H3. The van der Waals surface area contributed by atoms with Crippen molar-refractivity contribution in [3.8, 4) is 11.3 Å². The Morgan fingerprint density at radius 2 is 1.61 bits per heavy atom. The summed E-state index contributed by atoms with van der Waals surface area (Å²) < 4.78 is 1.57. The number of nitrogens with zero attached hydrogens (tertiary/aromatic N) is 5. The molecule has 3 aromatic rings. The quantitative estimate of drug-likeness (QED) is 0.280. The third-order valence-corrected chi connectivity index (χ3v) is 7.73. The maximum atomic E-state index is 13.1. The fourth-order valence-corrected chi connectivity index (χ4v) is 5.39. The van der Waals surface area contributed by atoms with Crippen LogP contribution in [0.15, 0.2) is 60.8 Å². The number of carbonyl (C=O) groups is 3. The second kappa shape index (κ2) is 10.2. The van der Waals surface area contributed by atoms with Crippen molar-refractivity contribution >= 4 is 23.3 Å². The lowest BCUT2D eigenvalue weighted by Crippen LogP contribution is -2.45. The first-order valence-corrected chi connectivity index (χ1v) is 12.7. The zero-order valence-electron chi connectivity index (χ0n) is 21.2. The Hall–Kier alpha value is -4.34. The minimum absolute atomic E-state index is 0.00544. The second-order valence-electron chi connectivity index (χ2n) is 10.2. The van der Waals surface area contributed by atoms with E-state index in [-0.39, 0.29) is 35.2 Å². The van der Waals surface area contributed by atoms with Crippen molar-refractivity contribution in [2.24, 2.45) is 5.41 Å². The normalized spacial score (nSPS) is 16.6. The van der Waals surface area contributed by atoms with E-state index in [0.29, 0.717) is 48.6 Å². The molecule has 0 saturated carbocycles. The molecule has 1 aromatic heterocycles. The Morgan fingerprint density at radius 3 is 2.26 bits per heavy atom. The number of likely N-dealkylation sites (tertiary alicyclic amines) is 2. The number of hydrogen-bond donors (Lipinski definition) is 0. The number of Topliss-reactive ketones (excluding diaryl/α,β-unsaturated/α-hetero) is 1. The van der Waals surface area contributed by atoms with E-state index in [0.717, 1.165) is 19.3 Å². The van der Waals surface area contributed by atoms with E-state index in [2.05, 4.69) is 5.10 Å². The summed E-state index contributed by atoms with van der Waals surface area (Å²) in [6, 6.07) is 14.8. The highest BCUT2D eigenvalue weighted by Gasteiger charge is 2.42. The number of rotatable bonds is 6. The Morgan fingerprint density at radius 1 is 0.947 bits per heavy atom. The molecule has 2 aliphatic heterocycles. The van der Waals surface area contributed by atoms with Crippen molar-refractivity contribution in [3.63, 3.8) is 0 Å². The van der Waals surface area contributed by atoms with E-state index in [1.165, 1.54) is 19.1 Å². The summed E-state index contributed by atoms with van der Waals surface area (Å²) in [5.74, 6) is -0.0709. The molecule has 196 valence electrons. The summed E-state index contributed by atoms with van der Waals surface area (Å²) in [7, 11) is 0. The summed E-state index contributed by atoms with van der Waals surface area (Å²) in [4.78, 5) is 51.8. The van der Waals surface area contributed by atoms with Gasteiger partial charge in [0.15, 0.2) is 5.78 Å². The number of nitro benzene ring substituents is 1. The molecule has 0 radical (unpaired) electrons. The van der Waals surface area contributed by atoms with Crippen LogP contribution in [-0.4, -0.2) is 68.3 Å². The predicted molar refractivity (Wildman–Crippen MR) is 140 cm³/mol. The highest BCUT2D eigenvalue weighted by Crippen LogP contribution is 2.40. The minimum Gasteiger partial charge on any atom is -0.341 e. The van der Waals surface area contributed by atoms with Gasteiger partial charge >= 0.3 is 0 Å². The van der Waals surface area contributed by atoms with Gasteiger partial charge < -0.3 is 9.80 Å². The molecule has 1 spiro atoms. The molecule has 2 aliphatic rings. The number of amides is 2. The van der Waals surface area contributed by atoms with Gasteiger partial charge in [-0.2, -0.15) is 5.10 Å². The Bertz CT molecular complexity index is 1390. The van der Waals surface area contributed by atoms with Crippen LogP contribution >= 0.6 is 0 Å². The smallest absolute Gasteiger partial charge is 0.270 e. The molecule has 10 heteroatoms. The molecule has 2 saturated heterocycles. The highest BCUT2D eigenvalue weighted by molar-refractivity contribution is 5.97. The average molecular weight is 516 g/mol. The lowest BCUT2D eigenvalue weighted by atomic mass is 9.77. The van der Waals surface area contributed by atoms with Crippen LogP contribution in [0, 0.1) is 15.5 Å². The van der Waals surface area contributed by atoms with Gasteiger partial charge in [-0.25, -0.2) is 0 Å². The molecule has 0 bridgehead atoms. The first kappa shape index (κ1) is 25.3. The average Bonchev–Trinajstić information content (AvgIpc) is 3.56. The van der Waals surface area contributed by atoms with Crippen LogP contribution in [0.4, 0.5) is 5.69 Å². The van der Waals surface area contributed by atoms with Crippen LogP contribution in [0.2, 0.25) is 0 Å². The van der Waals surface area contributed by atoms with Gasteiger partial charge in [-0.1, -0.05) is 24.3 Å². The summed E-state index contributed by atoms with van der Waals surface area (Å²) in [6.45, 7) is 4.23. The van der Waals surface area contributed by atoms with Crippen molar-refractivity contribution in [2.75, 3.05) is 26.2 Å². The monoisotopic (exact) mass is 515 g/mol. The van der Waals surface area contributed by atoms with Crippen molar-refractivity contribution in [1.29, 1.82) is 0 Å². The van der Waals surface area contributed by atoms with E-state index in [1.807, 2.05) is 9.80 Å². The molecule has 0 unspecified atom stereocenters. The number of aromatic nitrogens is 2. The highest BCUT2D eigenvalue weighted by atomic mass is 16.6. The topological polar surface area (TPSA) is 119 Å². The molecule has 10 nitrogen and oxygen atoms in total. The first-order chi connectivity index (χ1) is 18.2. The van der Waals surface area contributed by atoms with Crippen molar-refractivity contribution < 1.29 is 19.3 Å². The molecular formula is C28H29N5O5. The van der Waals surface area contributed by atoms with Crippen LogP contribution in [0.25, 0.3) is 11.3 Å². The van der Waals surface area contributed by atoms with Crippen LogP contribution in [0.5, 0.6) is 0 Å². The minimum atomic E-state index is -0.444. The molecule has 0 atom stereocenters. The first-order valence-electron chi connectivity index (χ1n) is 12.7. The SMILES string of the molecule is CC(=O)c1ccc(C(=O)N2CCC3(CCN(C(=O)Cn4ccc(-c5cccc([N+](=O)[O-])c5)n4)C3)CC2)cc1. The summed E-state index contributed by atoms with van der Waals surface area (Å²) in [6.07, 6.45) is 4.30. The number of hydrogen-bond acceptors (Lipinski definition) is 6. The summed E-state index contributed by atoms with van der Waals surface area (Å²) >= 11 is 0. The molecule has 0 aliphatic carbocycles. The maximum Gasteiger partial charge on any atom is 0.270 e. The van der Waals surface area contributed by atoms with Gasteiger partial charge in [0, 0.05) is 61.2 Å². The van der Waals surface area contributed by atoms with Gasteiger partial charge in [0.25, 0.3) is 11.6 Å². The predicted octanol–water partition coefficient (Wildman–Crippen LogP) is 3.82. The molecule has 0 N–H and O–H groups in total. The van der Waals surface area contributed by atoms with E-state index in [1.54, 1.807) is 53.3 Å². The second-order valence-corrected chi connectivity index (χ2v) is 10.2. The van der Waals surface area contributed by atoms with Gasteiger partial charge in [-0.3, -0.25) is 29.2 Å². The summed E-state index contributed by atoms with van der Waals surface area (Å²) in [5, 5.41) is 15.5. The van der Waals surface area contributed by atoms with E-state index in [9.17, 15) is 24.5 Å². The van der Waals surface area contributed by atoms with E-state index < -0.39 is 4.92 Å². The number of non-ortho nitro benzene ring substituents is 1. The molecule has 38 heavy (non-hydrogen) atoms. The number of ketones is 1. The van der Waals surface area contributed by atoms with E-state index in [4.69, 9.17) is 0 Å². The van der Waals surface area contributed by atoms with Crippen molar-refractivity contribution in [3.05, 3.63) is 82.0 Å². The van der Waals surface area contributed by atoms with Crippen molar-refractivity contribution in [1.82, 2.24) is 19.6 Å². The van der Waals surface area contributed by atoms with Gasteiger partial charge in [-0.15, -0.1) is 0 Å². The lowest BCUT2D eigenvalue weighted by molar-refractivity contribution is -0.384. The molecule has 3 heterocycles. The van der Waals surface area contributed by atoms with Crippen LogP contribution in [0.3, 0.4) is 0 Å². The molecule has 5 rings (SSSR count). The molecule has 2 fully saturated rings. The largest absolute Gasteiger partial charge is 0.341 e. The number of piperidine rings is 1. The fraction of sp³-hybridized carbons (Fsp3) is 0.357. The van der Waals surface area contributed by atoms with E-state index >= 15 is 0 Å². The van der Waals surface area contributed by atoms with Crippen LogP contribution in [0.1, 0.15) is 46.9 Å². The molecular weight excluding hydrogens is 486 g/mol. The van der Waals surface area contributed by atoms with Crippen LogP contribution in [-0.2, 0) is 11.3 Å². The fourth-order valence-electron chi connectivity index (χ4n) is 5.39. The number of nitro groups is 1. The maximum absolute atomic E-state index is 13.1. The Labute approximate surface area is 220 Å². The van der Waals surface area contributed by atoms with Crippen LogP contribution < -0.4 is 0 Å².